The Morgan fingerprint density at radius 3 is 2.47 bits per heavy atom. The lowest BCUT2D eigenvalue weighted by atomic mass is 9.99. The van der Waals surface area contributed by atoms with Gasteiger partial charge in [-0.25, -0.2) is 4.39 Å². The lowest BCUT2D eigenvalue weighted by Gasteiger charge is -2.29. The molecule has 1 unspecified atom stereocenters. The first-order valence-electron chi connectivity index (χ1n) is 5.80. The standard InChI is InChI=1S/C13H16FNO2/c1-10(11-2-4-12(14)5-3-11)13(16)15-6-8-17-9-7-15/h2-5,10H,6-9H2,1H3. The van der Waals surface area contributed by atoms with E-state index in [0.29, 0.717) is 26.3 Å². The van der Waals surface area contributed by atoms with E-state index >= 15 is 0 Å². The van der Waals surface area contributed by atoms with E-state index in [2.05, 4.69) is 0 Å². The maximum Gasteiger partial charge on any atom is 0.229 e. The van der Waals surface area contributed by atoms with Gasteiger partial charge in [-0.2, -0.15) is 0 Å². The van der Waals surface area contributed by atoms with Crippen molar-refractivity contribution in [2.24, 2.45) is 0 Å². The van der Waals surface area contributed by atoms with Crippen molar-refractivity contribution in [2.75, 3.05) is 26.3 Å². The highest BCUT2D eigenvalue weighted by molar-refractivity contribution is 5.83. The summed E-state index contributed by atoms with van der Waals surface area (Å²) in [5, 5.41) is 0. The summed E-state index contributed by atoms with van der Waals surface area (Å²) in [5.41, 5.74) is 0.850. The van der Waals surface area contributed by atoms with E-state index in [1.807, 2.05) is 6.92 Å². The van der Waals surface area contributed by atoms with E-state index in [4.69, 9.17) is 4.74 Å². The van der Waals surface area contributed by atoms with Gasteiger partial charge in [-0.3, -0.25) is 4.79 Å². The van der Waals surface area contributed by atoms with Crippen molar-refractivity contribution >= 4 is 5.91 Å². The van der Waals surface area contributed by atoms with Gasteiger partial charge in [0.15, 0.2) is 0 Å². The number of rotatable bonds is 2. The van der Waals surface area contributed by atoms with Crippen molar-refractivity contribution in [1.82, 2.24) is 4.90 Å². The zero-order valence-corrected chi connectivity index (χ0v) is 9.86. The second-order valence-corrected chi connectivity index (χ2v) is 4.21. The highest BCUT2D eigenvalue weighted by Crippen LogP contribution is 2.19. The SMILES string of the molecule is CC(C(=O)N1CCOCC1)c1ccc(F)cc1. The molecule has 1 aliphatic heterocycles. The summed E-state index contributed by atoms with van der Waals surface area (Å²) in [5.74, 6) is -0.423. The molecule has 2 rings (SSSR count). The summed E-state index contributed by atoms with van der Waals surface area (Å²) in [7, 11) is 0. The lowest BCUT2D eigenvalue weighted by molar-refractivity contribution is -0.136. The molecule has 4 heteroatoms. The molecule has 1 saturated heterocycles. The molecule has 3 nitrogen and oxygen atoms in total. The fraction of sp³-hybridized carbons (Fsp3) is 0.462. The number of hydrogen-bond donors (Lipinski definition) is 0. The van der Waals surface area contributed by atoms with Crippen LogP contribution in [0.4, 0.5) is 4.39 Å². The number of ether oxygens (including phenoxy) is 1. The van der Waals surface area contributed by atoms with Crippen molar-refractivity contribution in [3.05, 3.63) is 35.6 Å². The maximum atomic E-state index is 12.8. The molecule has 0 aliphatic carbocycles. The van der Waals surface area contributed by atoms with E-state index in [0.717, 1.165) is 5.56 Å². The molecule has 0 radical (unpaired) electrons. The second-order valence-electron chi connectivity index (χ2n) is 4.21. The molecule has 92 valence electrons. The molecule has 1 aromatic rings. The molecule has 0 spiro atoms. The van der Waals surface area contributed by atoms with Gasteiger partial charge in [-0.1, -0.05) is 12.1 Å². The average molecular weight is 237 g/mol. The summed E-state index contributed by atoms with van der Waals surface area (Å²) in [6.07, 6.45) is 0. The zero-order chi connectivity index (χ0) is 12.3. The molecule has 0 aromatic heterocycles. The third-order valence-electron chi connectivity index (χ3n) is 3.06. The predicted molar refractivity (Wildman–Crippen MR) is 62.2 cm³/mol. The zero-order valence-electron chi connectivity index (χ0n) is 9.86. The second kappa shape index (κ2) is 5.27. The van der Waals surface area contributed by atoms with Crippen LogP contribution in [0.25, 0.3) is 0 Å². The first-order valence-corrected chi connectivity index (χ1v) is 5.80. The Labute approximate surface area is 100 Å². The van der Waals surface area contributed by atoms with Crippen molar-refractivity contribution in [3.63, 3.8) is 0 Å². The Kier molecular flexibility index (Phi) is 3.74. The van der Waals surface area contributed by atoms with Crippen LogP contribution in [0.5, 0.6) is 0 Å². The summed E-state index contributed by atoms with van der Waals surface area (Å²) in [6, 6.07) is 6.10. The van der Waals surface area contributed by atoms with Crippen molar-refractivity contribution in [1.29, 1.82) is 0 Å². The minimum absolute atomic E-state index is 0.0832. The van der Waals surface area contributed by atoms with Crippen LogP contribution in [0.3, 0.4) is 0 Å². The fourth-order valence-corrected chi connectivity index (χ4v) is 1.95. The van der Waals surface area contributed by atoms with Crippen LogP contribution < -0.4 is 0 Å². The Morgan fingerprint density at radius 2 is 1.88 bits per heavy atom. The van der Waals surface area contributed by atoms with Gasteiger partial charge in [0.1, 0.15) is 5.82 Å². The number of hydrogen-bond acceptors (Lipinski definition) is 2. The van der Waals surface area contributed by atoms with E-state index in [1.165, 1.54) is 12.1 Å². The number of nitrogens with zero attached hydrogens (tertiary/aromatic N) is 1. The first-order chi connectivity index (χ1) is 8.18. The van der Waals surface area contributed by atoms with Crippen LogP contribution >= 0.6 is 0 Å². The minimum atomic E-state index is -0.278. The number of morpholine rings is 1. The molecular weight excluding hydrogens is 221 g/mol. The summed E-state index contributed by atoms with van der Waals surface area (Å²) >= 11 is 0. The van der Waals surface area contributed by atoms with Gasteiger partial charge in [0.05, 0.1) is 19.1 Å². The van der Waals surface area contributed by atoms with Gasteiger partial charge in [-0.05, 0) is 24.6 Å². The van der Waals surface area contributed by atoms with Crippen LogP contribution in [0.2, 0.25) is 0 Å². The van der Waals surface area contributed by atoms with Crippen LogP contribution in [-0.4, -0.2) is 37.1 Å². The number of benzene rings is 1. The summed E-state index contributed by atoms with van der Waals surface area (Å²) < 4.78 is 18.0. The molecular formula is C13H16FNO2. The first kappa shape index (κ1) is 12.0. The van der Waals surface area contributed by atoms with Crippen molar-refractivity contribution in [3.8, 4) is 0 Å². The Balaban J connectivity index is 2.05. The maximum absolute atomic E-state index is 12.8. The summed E-state index contributed by atoms with van der Waals surface area (Å²) in [6.45, 7) is 4.34. The van der Waals surface area contributed by atoms with Gasteiger partial charge in [0.25, 0.3) is 0 Å². The van der Waals surface area contributed by atoms with Crippen molar-refractivity contribution < 1.29 is 13.9 Å². The van der Waals surface area contributed by atoms with Gasteiger partial charge in [0.2, 0.25) is 5.91 Å². The number of halogens is 1. The van der Waals surface area contributed by atoms with Crippen molar-refractivity contribution in [2.45, 2.75) is 12.8 Å². The number of amides is 1. The fourth-order valence-electron chi connectivity index (χ4n) is 1.95. The van der Waals surface area contributed by atoms with Crippen LogP contribution in [0, 0.1) is 5.82 Å². The topological polar surface area (TPSA) is 29.5 Å². The molecule has 17 heavy (non-hydrogen) atoms. The van der Waals surface area contributed by atoms with Gasteiger partial charge in [0, 0.05) is 13.1 Å². The normalized spacial score (nSPS) is 17.9. The Bertz CT molecular complexity index is 385. The van der Waals surface area contributed by atoms with Crippen LogP contribution in [0.15, 0.2) is 24.3 Å². The van der Waals surface area contributed by atoms with E-state index in [9.17, 15) is 9.18 Å². The van der Waals surface area contributed by atoms with E-state index in [1.54, 1.807) is 17.0 Å². The van der Waals surface area contributed by atoms with Crippen LogP contribution in [-0.2, 0) is 9.53 Å². The average Bonchev–Trinajstić information content (AvgIpc) is 2.39. The van der Waals surface area contributed by atoms with Gasteiger partial charge < -0.3 is 9.64 Å². The molecule has 1 fully saturated rings. The van der Waals surface area contributed by atoms with E-state index in [-0.39, 0.29) is 17.6 Å². The third kappa shape index (κ3) is 2.82. The highest BCUT2D eigenvalue weighted by Gasteiger charge is 2.23. The molecule has 1 aliphatic rings. The Morgan fingerprint density at radius 1 is 1.29 bits per heavy atom. The monoisotopic (exact) mass is 237 g/mol. The molecule has 0 bridgehead atoms. The third-order valence-corrected chi connectivity index (χ3v) is 3.06. The van der Waals surface area contributed by atoms with E-state index < -0.39 is 0 Å². The largest absolute Gasteiger partial charge is 0.378 e. The van der Waals surface area contributed by atoms with Gasteiger partial charge >= 0.3 is 0 Å². The molecule has 1 heterocycles. The van der Waals surface area contributed by atoms with Gasteiger partial charge in [-0.15, -0.1) is 0 Å². The lowest BCUT2D eigenvalue weighted by Crippen LogP contribution is -2.42. The number of carbonyl (C=O) groups is 1. The number of carbonyl (C=O) groups excluding carboxylic acids is 1. The molecule has 0 N–H and O–H groups in total. The Hall–Kier alpha value is -1.42. The predicted octanol–water partition coefficient (Wildman–Crippen LogP) is 1.79. The molecule has 1 aromatic carbocycles. The quantitative estimate of drug-likeness (QED) is 0.784. The highest BCUT2D eigenvalue weighted by atomic mass is 19.1. The molecule has 1 amide bonds. The molecule has 1 atom stereocenters. The summed E-state index contributed by atoms with van der Waals surface area (Å²) in [4.78, 5) is 14.0. The molecule has 0 saturated carbocycles. The minimum Gasteiger partial charge on any atom is -0.378 e. The van der Waals surface area contributed by atoms with Crippen LogP contribution in [0.1, 0.15) is 18.4 Å². The smallest absolute Gasteiger partial charge is 0.229 e.